The highest BCUT2D eigenvalue weighted by Crippen LogP contribution is 2.16. The van der Waals surface area contributed by atoms with Crippen LogP contribution in [0.4, 0.5) is 0 Å². The molecule has 1 atom stereocenters. The molecule has 0 aliphatic rings. The van der Waals surface area contributed by atoms with Gasteiger partial charge in [-0.2, -0.15) is 0 Å². The van der Waals surface area contributed by atoms with Crippen molar-refractivity contribution in [3.63, 3.8) is 0 Å². The van der Waals surface area contributed by atoms with Gasteiger partial charge in [-0.05, 0) is 25.7 Å². The summed E-state index contributed by atoms with van der Waals surface area (Å²) in [4.78, 5) is 0. The van der Waals surface area contributed by atoms with Crippen LogP contribution in [-0.4, -0.2) is 36.1 Å². The van der Waals surface area contributed by atoms with Gasteiger partial charge in [0.15, 0.2) is 0 Å². The molecule has 0 fully saturated rings. The zero-order valence-corrected chi connectivity index (χ0v) is 15.7. The van der Waals surface area contributed by atoms with Crippen molar-refractivity contribution < 1.29 is 9.96 Å². The number of quaternary nitrogens is 1. The molecule has 0 aliphatic carbocycles. The minimum Gasteiger partial charge on any atom is -0.870 e. The summed E-state index contributed by atoms with van der Waals surface area (Å²) in [6.45, 7) is 15.0. The van der Waals surface area contributed by atoms with E-state index >= 15 is 0 Å². The quantitative estimate of drug-likeness (QED) is 0.424. The number of unbranched alkanes of at least 4 members (excludes halogenated alkanes) is 4. The SMILES string of the molecule is CCCC[N+](CCCC)(CCCC)CCCC.NP.[OH-]. The van der Waals surface area contributed by atoms with Crippen LogP contribution in [0, 0.1) is 0 Å². The normalized spacial score (nSPS) is 10.5. The highest BCUT2D eigenvalue weighted by molar-refractivity contribution is 7.13. The van der Waals surface area contributed by atoms with Gasteiger partial charge in [-0.15, -0.1) is 0 Å². The predicted molar refractivity (Wildman–Crippen MR) is 95.2 cm³/mol. The molecule has 0 radical (unpaired) electrons. The molecule has 0 aromatic rings. The Bertz CT molecular complexity index is 131. The fourth-order valence-corrected chi connectivity index (χ4v) is 2.64. The van der Waals surface area contributed by atoms with E-state index in [1.807, 2.05) is 9.39 Å². The molecular weight excluding hydrogens is 267 g/mol. The van der Waals surface area contributed by atoms with Crippen LogP contribution in [0.5, 0.6) is 0 Å². The summed E-state index contributed by atoms with van der Waals surface area (Å²) < 4.78 is 1.42. The summed E-state index contributed by atoms with van der Waals surface area (Å²) in [5.74, 6) is 0. The molecule has 4 heteroatoms. The molecule has 0 amide bonds. The zero-order chi connectivity index (χ0) is 15.0. The van der Waals surface area contributed by atoms with Crippen molar-refractivity contribution in [1.82, 2.24) is 0 Å². The summed E-state index contributed by atoms with van der Waals surface area (Å²) in [5.41, 5.74) is 4.42. The fraction of sp³-hybridized carbons (Fsp3) is 1.00. The van der Waals surface area contributed by atoms with Gasteiger partial charge in [0, 0.05) is 0 Å². The topological polar surface area (TPSA) is 56.0 Å². The van der Waals surface area contributed by atoms with Gasteiger partial charge in [-0.1, -0.05) is 62.8 Å². The van der Waals surface area contributed by atoms with E-state index in [1.54, 1.807) is 0 Å². The molecule has 1 unspecified atom stereocenters. The van der Waals surface area contributed by atoms with E-state index in [4.69, 9.17) is 0 Å². The lowest BCUT2D eigenvalue weighted by Gasteiger charge is -2.39. The van der Waals surface area contributed by atoms with Crippen LogP contribution in [0.2, 0.25) is 0 Å². The van der Waals surface area contributed by atoms with Crippen LogP contribution in [0.3, 0.4) is 0 Å². The summed E-state index contributed by atoms with van der Waals surface area (Å²) in [6, 6.07) is 0. The monoisotopic (exact) mass is 308 g/mol. The van der Waals surface area contributed by atoms with Gasteiger partial charge in [-0.25, -0.2) is 0 Å². The first-order chi connectivity index (χ1) is 9.24. The Morgan fingerprint density at radius 3 is 0.950 bits per heavy atom. The molecule has 0 aromatic carbocycles. The third kappa shape index (κ3) is 13.3. The van der Waals surface area contributed by atoms with Crippen molar-refractivity contribution in [2.75, 3.05) is 26.2 Å². The maximum absolute atomic E-state index is 4.42. The van der Waals surface area contributed by atoms with Crippen LogP contribution in [0.1, 0.15) is 79.1 Å². The van der Waals surface area contributed by atoms with Crippen molar-refractivity contribution >= 4 is 9.39 Å². The van der Waals surface area contributed by atoms with Crippen molar-refractivity contribution in [1.29, 1.82) is 0 Å². The molecule has 0 spiro atoms. The van der Waals surface area contributed by atoms with E-state index in [2.05, 4.69) is 33.2 Å². The van der Waals surface area contributed by atoms with E-state index in [-0.39, 0.29) is 5.48 Å². The molecule has 0 heterocycles. The number of rotatable bonds is 12. The number of hydrogen-bond donors (Lipinski definition) is 1. The van der Waals surface area contributed by atoms with Crippen molar-refractivity contribution in [2.45, 2.75) is 79.1 Å². The Labute approximate surface area is 130 Å². The summed E-state index contributed by atoms with van der Waals surface area (Å²) in [5, 5.41) is 0. The smallest absolute Gasteiger partial charge is 0.0786 e. The molecule has 3 nitrogen and oxygen atoms in total. The predicted octanol–water partition coefficient (Wildman–Crippen LogP) is 4.56. The van der Waals surface area contributed by atoms with Gasteiger partial charge in [0.25, 0.3) is 0 Å². The molecular formula is C16H41N2OP. The third-order valence-corrected chi connectivity index (χ3v) is 3.94. The lowest BCUT2D eigenvalue weighted by atomic mass is 10.1. The first-order valence-corrected chi connectivity index (χ1v) is 9.09. The molecule has 3 N–H and O–H groups in total. The average molecular weight is 308 g/mol. The Morgan fingerprint density at radius 1 is 0.600 bits per heavy atom. The summed E-state index contributed by atoms with van der Waals surface area (Å²) >= 11 is 0. The van der Waals surface area contributed by atoms with Crippen molar-refractivity contribution in [2.24, 2.45) is 5.50 Å². The van der Waals surface area contributed by atoms with E-state index in [9.17, 15) is 0 Å². The fourth-order valence-electron chi connectivity index (χ4n) is 2.64. The van der Waals surface area contributed by atoms with Crippen molar-refractivity contribution in [3.05, 3.63) is 0 Å². The zero-order valence-electron chi connectivity index (χ0n) is 14.5. The third-order valence-electron chi connectivity index (χ3n) is 3.94. The van der Waals surface area contributed by atoms with Crippen LogP contribution in [0.25, 0.3) is 0 Å². The van der Waals surface area contributed by atoms with E-state index in [0.717, 1.165) is 0 Å². The standard InChI is InChI=1S/C16H36N.H4NP.H2O/c1-5-9-13-17(14-10-6-2,15-11-7-3)16-12-8-4;1-2;/h5-16H2,1-4H3;1-2H2;1H2/q+1;;/p-1. The molecule has 20 heavy (non-hydrogen) atoms. The van der Waals surface area contributed by atoms with Gasteiger partial charge in [0.1, 0.15) is 0 Å². The highest BCUT2D eigenvalue weighted by Gasteiger charge is 2.24. The van der Waals surface area contributed by atoms with Crippen LogP contribution in [0.15, 0.2) is 0 Å². The van der Waals surface area contributed by atoms with Gasteiger partial charge in [0.05, 0.1) is 26.2 Å². The Balaban J connectivity index is -0.000000916. The average Bonchev–Trinajstić information content (AvgIpc) is 2.48. The number of nitrogens with two attached hydrogens (primary N) is 1. The van der Waals surface area contributed by atoms with Crippen LogP contribution >= 0.6 is 9.39 Å². The van der Waals surface area contributed by atoms with Gasteiger partial charge in [-0.3, -0.25) is 0 Å². The second kappa shape index (κ2) is 19.3. The van der Waals surface area contributed by atoms with E-state index in [0.29, 0.717) is 0 Å². The van der Waals surface area contributed by atoms with Gasteiger partial charge in [0.2, 0.25) is 0 Å². The molecule has 0 aromatic heterocycles. The maximum atomic E-state index is 4.42. The highest BCUT2D eigenvalue weighted by atomic mass is 31.0. The largest absolute Gasteiger partial charge is 0.870 e. The number of hydrogen-bond acceptors (Lipinski definition) is 2. The molecule has 126 valence electrons. The number of nitrogens with zero attached hydrogens (tertiary/aromatic N) is 1. The second-order valence-corrected chi connectivity index (χ2v) is 5.65. The first kappa shape index (κ1) is 25.3. The van der Waals surface area contributed by atoms with Crippen molar-refractivity contribution in [3.8, 4) is 0 Å². The molecule has 0 saturated carbocycles. The van der Waals surface area contributed by atoms with E-state index < -0.39 is 0 Å². The summed E-state index contributed by atoms with van der Waals surface area (Å²) in [6.07, 6.45) is 11.1. The minimum absolute atomic E-state index is 0. The molecule has 0 bridgehead atoms. The maximum Gasteiger partial charge on any atom is 0.0786 e. The Kier molecular flexibility index (Phi) is 24.4. The minimum atomic E-state index is 0. The van der Waals surface area contributed by atoms with E-state index in [1.165, 1.54) is 82.0 Å². The van der Waals surface area contributed by atoms with Gasteiger partial charge < -0.3 is 15.5 Å². The van der Waals surface area contributed by atoms with Crippen LogP contribution in [-0.2, 0) is 0 Å². The molecule has 0 rings (SSSR count). The summed E-state index contributed by atoms with van der Waals surface area (Å²) in [7, 11) is 1.92. The molecule has 0 saturated heterocycles. The second-order valence-electron chi connectivity index (χ2n) is 5.65. The first-order valence-electron chi connectivity index (χ1n) is 8.43. The lowest BCUT2D eigenvalue weighted by Crippen LogP contribution is -2.50. The molecule has 0 aliphatic heterocycles. The Morgan fingerprint density at radius 2 is 0.800 bits per heavy atom. The van der Waals surface area contributed by atoms with Crippen LogP contribution < -0.4 is 5.50 Å². The van der Waals surface area contributed by atoms with Gasteiger partial charge >= 0.3 is 0 Å². The Hall–Kier alpha value is 0.310. The lowest BCUT2D eigenvalue weighted by molar-refractivity contribution is -0.929.